The number of nitrogens with one attached hydrogen (secondary N) is 1. The minimum Gasteiger partial charge on any atom is -0.375 e. The van der Waals surface area contributed by atoms with Gasteiger partial charge in [0.25, 0.3) is 0 Å². The lowest BCUT2D eigenvalue weighted by Crippen LogP contribution is -2.48. The normalized spacial score (nSPS) is 26.4. The van der Waals surface area contributed by atoms with Gasteiger partial charge in [-0.05, 0) is 32.6 Å². The van der Waals surface area contributed by atoms with Crippen molar-refractivity contribution < 1.29 is 9.53 Å². The average Bonchev–Trinajstić information content (AvgIpc) is 2.83. The van der Waals surface area contributed by atoms with Crippen LogP contribution in [0.3, 0.4) is 0 Å². The first-order valence-corrected chi connectivity index (χ1v) is 7.26. The number of rotatable bonds is 4. The van der Waals surface area contributed by atoms with Crippen molar-refractivity contribution in [3.63, 3.8) is 0 Å². The molecule has 18 heavy (non-hydrogen) atoms. The standard InChI is InChI=1S/C14H26N2O2/c1-3-16(2)13(17)11-15-12-6-9-18-14(10-12)7-4-5-8-14/h12,15H,3-11H2,1-2H3. The van der Waals surface area contributed by atoms with E-state index in [1.807, 2.05) is 14.0 Å². The fourth-order valence-electron chi connectivity index (χ4n) is 3.11. The Morgan fingerprint density at radius 3 is 2.83 bits per heavy atom. The Balaban J connectivity index is 1.77. The zero-order chi connectivity index (χ0) is 13.0. The average molecular weight is 254 g/mol. The van der Waals surface area contributed by atoms with E-state index in [4.69, 9.17) is 4.74 Å². The van der Waals surface area contributed by atoms with Gasteiger partial charge >= 0.3 is 0 Å². The number of amides is 1. The maximum atomic E-state index is 11.8. The summed E-state index contributed by atoms with van der Waals surface area (Å²) in [4.78, 5) is 13.5. The second-order valence-electron chi connectivity index (χ2n) is 5.72. The summed E-state index contributed by atoms with van der Waals surface area (Å²) in [7, 11) is 1.85. The summed E-state index contributed by atoms with van der Waals surface area (Å²) in [5.41, 5.74) is 0.135. The molecule has 0 aromatic rings. The zero-order valence-electron chi connectivity index (χ0n) is 11.7. The molecular weight excluding hydrogens is 228 g/mol. The fourth-order valence-corrected chi connectivity index (χ4v) is 3.11. The molecule has 0 bridgehead atoms. The summed E-state index contributed by atoms with van der Waals surface area (Å²) in [5, 5.41) is 3.42. The SMILES string of the molecule is CCN(C)C(=O)CNC1CCOC2(CCCC2)C1. The Morgan fingerprint density at radius 2 is 2.17 bits per heavy atom. The van der Waals surface area contributed by atoms with E-state index >= 15 is 0 Å². The number of carbonyl (C=O) groups is 1. The Morgan fingerprint density at radius 1 is 1.44 bits per heavy atom. The molecule has 1 heterocycles. The Bertz CT molecular complexity index is 288. The van der Waals surface area contributed by atoms with Crippen LogP contribution in [0.4, 0.5) is 0 Å². The van der Waals surface area contributed by atoms with E-state index < -0.39 is 0 Å². The lowest BCUT2D eigenvalue weighted by Gasteiger charge is -2.38. The molecular formula is C14H26N2O2. The molecule has 2 rings (SSSR count). The minimum atomic E-state index is 0.135. The van der Waals surface area contributed by atoms with E-state index in [2.05, 4.69) is 5.32 Å². The predicted octanol–water partition coefficient (Wildman–Crippen LogP) is 1.55. The molecule has 2 aliphatic rings. The molecule has 4 nitrogen and oxygen atoms in total. The van der Waals surface area contributed by atoms with Crippen LogP contribution in [-0.4, -0.2) is 49.2 Å². The van der Waals surface area contributed by atoms with E-state index in [0.717, 1.165) is 26.0 Å². The van der Waals surface area contributed by atoms with E-state index in [9.17, 15) is 4.79 Å². The summed E-state index contributed by atoms with van der Waals surface area (Å²) >= 11 is 0. The van der Waals surface area contributed by atoms with Crippen LogP contribution in [0, 0.1) is 0 Å². The topological polar surface area (TPSA) is 41.6 Å². The lowest BCUT2D eigenvalue weighted by molar-refractivity contribution is -0.129. The van der Waals surface area contributed by atoms with E-state index in [1.165, 1.54) is 25.7 Å². The van der Waals surface area contributed by atoms with Gasteiger partial charge in [0.2, 0.25) is 5.91 Å². The summed E-state index contributed by atoms with van der Waals surface area (Å²) in [6.45, 7) is 4.08. The maximum Gasteiger partial charge on any atom is 0.236 e. The fraction of sp³-hybridized carbons (Fsp3) is 0.929. The smallest absolute Gasteiger partial charge is 0.236 e. The third-order valence-corrected chi connectivity index (χ3v) is 4.45. The Hall–Kier alpha value is -0.610. The molecule has 1 unspecified atom stereocenters. The molecule has 1 amide bonds. The van der Waals surface area contributed by atoms with Crippen LogP contribution in [0.2, 0.25) is 0 Å². The number of carbonyl (C=O) groups excluding carboxylic acids is 1. The van der Waals surface area contributed by atoms with Gasteiger partial charge in [0, 0.05) is 26.2 Å². The largest absolute Gasteiger partial charge is 0.375 e. The minimum absolute atomic E-state index is 0.135. The van der Waals surface area contributed by atoms with Crippen LogP contribution < -0.4 is 5.32 Å². The highest BCUT2D eigenvalue weighted by Crippen LogP contribution is 2.39. The van der Waals surface area contributed by atoms with Crippen LogP contribution >= 0.6 is 0 Å². The first kappa shape index (κ1) is 13.8. The van der Waals surface area contributed by atoms with Crippen molar-refractivity contribution in [1.82, 2.24) is 10.2 Å². The highest BCUT2D eigenvalue weighted by Gasteiger charge is 2.39. The van der Waals surface area contributed by atoms with E-state index in [0.29, 0.717) is 12.6 Å². The molecule has 1 atom stereocenters. The van der Waals surface area contributed by atoms with Crippen molar-refractivity contribution in [3.8, 4) is 0 Å². The summed E-state index contributed by atoms with van der Waals surface area (Å²) in [6, 6.07) is 0.450. The molecule has 2 fully saturated rings. The number of likely N-dealkylation sites (N-methyl/N-ethyl adjacent to an activating group) is 1. The van der Waals surface area contributed by atoms with Crippen LogP contribution in [0.1, 0.15) is 45.4 Å². The lowest BCUT2D eigenvalue weighted by atomic mass is 9.89. The van der Waals surface area contributed by atoms with Crippen molar-refractivity contribution in [2.45, 2.75) is 57.1 Å². The van der Waals surface area contributed by atoms with Gasteiger partial charge in [-0.25, -0.2) is 0 Å². The van der Waals surface area contributed by atoms with E-state index in [-0.39, 0.29) is 11.5 Å². The van der Waals surface area contributed by atoms with Crippen molar-refractivity contribution in [2.75, 3.05) is 26.7 Å². The molecule has 1 saturated carbocycles. The molecule has 1 aliphatic heterocycles. The Labute approximate surface area is 110 Å². The van der Waals surface area contributed by atoms with Gasteiger partial charge in [-0.3, -0.25) is 4.79 Å². The maximum absolute atomic E-state index is 11.8. The number of hydrogen-bond acceptors (Lipinski definition) is 3. The molecule has 4 heteroatoms. The zero-order valence-corrected chi connectivity index (χ0v) is 11.7. The molecule has 1 saturated heterocycles. The van der Waals surface area contributed by atoms with E-state index in [1.54, 1.807) is 4.90 Å². The summed E-state index contributed by atoms with van der Waals surface area (Å²) in [5.74, 6) is 0.185. The highest BCUT2D eigenvalue weighted by molar-refractivity contribution is 5.77. The molecule has 1 aliphatic carbocycles. The number of ether oxygens (including phenoxy) is 1. The number of hydrogen-bond donors (Lipinski definition) is 1. The molecule has 104 valence electrons. The predicted molar refractivity (Wildman–Crippen MR) is 71.5 cm³/mol. The van der Waals surface area contributed by atoms with Gasteiger partial charge in [-0.15, -0.1) is 0 Å². The second-order valence-corrected chi connectivity index (χ2v) is 5.72. The van der Waals surface area contributed by atoms with Crippen LogP contribution in [-0.2, 0) is 9.53 Å². The van der Waals surface area contributed by atoms with Gasteiger partial charge < -0.3 is 15.0 Å². The van der Waals surface area contributed by atoms with Gasteiger partial charge in [0.1, 0.15) is 0 Å². The van der Waals surface area contributed by atoms with Gasteiger partial charge in [0.15, 0.2) is 0 Å². The molecule has 1 N–H and O–H groups in total. The number of nitrogens with zero attached hydrogens (tertiary/aromatic N) is 1. The van der Waals surface area contributed by atoms with Crippen LogP contribution in [0.15, 0.2) is 0 Å². The quantitative estimate of drug-likeness (QED) is 0.827. The molecule has 0 aromatic carbocycles. The summed E-state index contributed by atoms with van der Waals surface area (Å²) < 4.78 is 6.00. The second kappa shape index (κ2) is 6.02. The van der Waals surface area contributed by atoms with Gasteiger partial charge in [-0.1, -0.05) is 12.8 Å². The highest BCUT2D eigenvalue weighted by atomic mass is 16.5. The molecule has 0 radical (unpaired) electrons. The first-order chi connectivity index (χ1) is 8.65. The Kier molecular flexibility index (Phi) is 4.62. The molecule has 0 aromatic heterocycles. The van der Waals surface area contributed by atoms with Crippen molar-refractivity contribution in [3.05, 3.63) is 0 Å². The van der Waals surface area contributed by atoms with Gasteiger partial charge in [0.05, 0.1) is 12.1 Å². The molecule has 1 spiro atoms. The van der Waals surface area contributed by atoms with Crippen molar-refractivity contribution >= 4 is 5.91 Å². The monoisotopic (exact) mass is 254 g/mol. The third-order valence-electron chi connectivity index (χ3n) is 4.45. The first-order valence-electron chi connectivity index (χ1n) is 7.26. The van der Waals surface area contributed by atoms with Crippen molar-refractivity contribution in [1.29, 1.82) is 0 Å². The van der Waals surface area contributed by atoms with Crippen LogP contribution in [0.25, 0.3) is 0 Å². The van der Waals surface area contributed by atoms with Crippen molar-refractivity contribution in [2.24, 2.45) is 0 Å². The third kappa shape index (κ3) is 3.23. The summed E-state index contributed by atoms with van der Waals surface area (Å²) in [6.07, 6.45) is 7.11. The van der Waals surface area contributed by atoms with Gasteiger partial charge in [-0.2, -0.15) is 0 Å². The van der Waals surface area contributed by atoms with Crippen LogP contribution in [0.5, 0.6) is 0 Å².